The minimum absolute atomic E-state index is 0.0473. The van der Waals surface area contributed by atoms with Crippen molar-refractivity contribution < 1.29 is 9.53 Å². The summed E-state index contributed by atoms with van der Waals surface area (Å²) in [5, 5.41) is 3.09. The maximum absolute atomic E-state index is 13.1. The second-order valence-corrected chi connectivity index (χ2v) is 6.79. The van der Waals surface area contributed by atoms with Crippen LogP contribution >= 0.6 is 0 Å². The molecule has 1 atom stereocenters. The van der Waals surface area contributed by atoms with Crippen molar-refractivity contribution in [2.75, 3.05) is 19.8 Å². The Morgan fingerprint density at radius 1 is 1.12 bits per heavy atom. The molecule has 3 N–H and O–H groups in total. The predicted octanol–water partition coefficient (Wildman–Crippen LogP) is 2.86. The molecule has 2 aromatic carbocycles. The van der Waals surface area contributed by atoms with Gasteiger partial charge >= 0.3 is 0 Å². The van der Waals surface area contributed by atoms with E-state index in [1.165, 1.54) is 5.56 Å². The Balaban J connectivity index is 1.75. The lowest BCUT2D eigenvalue weighted by Gasteiger charge is -2.36. The molecule has 1 aliphatic rings. The van der Waals surface area contributed by atoms with Crippen LogP contribution in [-0.2, 0) is 14.9 Å². The summed E-state index contributed by atoms with van der Waals surface area (Å²) >= 11 is 0. The van der Waals surface area contributed by atoms with Crippen molar-refractivity contribution in [1.29, 1.82) is 0 Å². The molecule has 1 amide bonds. The highest BCUT2D eigenvalue weighted by Gasteiger charge is 2.41. The first-order valence-electron chi connectivity index (χ1n) is 8.85. The minimum atomic E-state index is -0.525. The van der Waals surface area contributed by atoms with Gasteiger partial charge in [0, 0.05) is 25.8 Å². The molecule has 0 radical (unpaired) electrons. The van der Waals surface area contributed by atoms with Gasteiger partial charge in [0.15, 0.2) is 0 Å². The number of carbonyl (C=O) groups excluding carboxylic acids is 1. The van der Waals surface area contributed by atoms with Gasteiger partial charge in [-0.2, -0.15) is 0 Å². The Hall–Kier alpha value is -2.17. The molecule has 0 aromatic heterocycles. The SMILES string of the molecule is Cc1ccc(C2(C(=O)NCC(N)c3ccccc3)CCOCC2)cc1. The number of hydrogen-bond acceptors (Lipinski definition) is 3. The van der Waals surface area contributed by atoms with Crippen LogP contribution in [0.2, 0.25) is 0 Å². The topological polar surface area (TPSA) is 64.4 Å². The molecule has 1 fully saturated rings. The molecule has 0 bridgehead atoms. The zero-order chi connectivity index (χ0) is 17.7. The number of ether oxygens (including phenoxy) is 1. The third-order valence-corrected chi connectivity index (χ3v) is 5.10. The Morgan fingerprint density at radius 3 is 2.40 bits per heavy atom. The Kier molecular flexibility index (Phi) is 5.51. The first-order chi connectivity index (χ1) is 12.1. The lowest BCUT2D eigenvalue weighted by Crippen LogP contribution is -2.49. The van der Waals surface area contributed by atoms with Crippen LogP contribution in [-0.4, -0.2) is 25.7 Å². The number of nitrogens with one attached hydrogen (secondary N) is 1. The molecule has 0 aliphatic carbocycles. The van der Waals surface area contributed by atoms with Crippen LogP contribution < -0.4 is 11.1 Å². The van der Waals surface area contributed by atoms with Crippen molar-refractivity contribution in [3.63, 3.8) is 0 Å². The Labute approximate surface area is 149 Å². The third kappa shape index (κ3) is 3.91. The fourth-order valence-electron chi connectivity index (χ4n) is 3.43. The number of rotatable bonds is 5. The van der Waals surface area contributed by atoms with Crippen molar-refractivity contribution in [3.8, 4) is 0 Å². The van der Waals surface area contributed by atoms with Gasteiger partial charge < -0.3 is 15.8 Å². The molecule has 132 valence electrons. The molecule has 25 heavy (non-hydrogen) atoms. The van der Waals surface area contributed by atoms with Gasteiger partial charge in [-0.05, 0) is 30.9 Å². The van der Waals surface area contributed by atoms with Crippen molar-refractivity contribution in [3.05, 3.63) is 71.3 Å². The van der Waals surface area contributed by atoms with E-state index in [2.05, 4.69) is 36.5 Å². The highest BCUT2D eigenvalue weighted by Crippen LogP contribution is 2.35. The van der Waals surface area contributed by atoms with Crippen LogP contribution in [0.25, 0.3) is 0 Å². The van der Waals surface area contributed by atoms with Gasteiger partial charge in [-0.1, -0.05) is 60.2 Å². The number of hydrogen-bond donors (Lipinski definition) is 2. The van der Waals surface area contributed by atoms with Gasteiger partial charge in [-0.3, -0.25) is 4.79 Å². The third-order valence-electron chi connectivity index (χ3n) is 5.10. The van der Waals surface area contributed by atoms with E-state index >= 15 is 0 Å². The molecule has 1 saturated heterocycles. The first kappa shape index (κ1) is 17.6. The van der Waals surface area contributed by atoms with Gasteiger partial charge in [0.1, 0.15) is 0 Å². The molecule has 3 rings (SSSR count). The summed E-state index contributed by atoms with van der Waals surface area (Å²) < 4.78 is 5.51. The normalized spacial score (nSPS) is 17.7. The van der Waals surface area contributed by atoms with Gasteiger partial charge in [-0.15, -0.1) is 0 Å². The average Bonchev–Trinajstić information content (AvgIpc) is 2.67. The maximum Gasteiger partial charge on any atom is 0.230 e. The van der Waals surface area contributed by atoms with Crippen LogP contribution in [0.3, 0.4) is 0 Å². The monoisotopic (exact) mass is 338 g/mol. The lowest BCUT2D eigenvalue weighted by molar-refractivity contribution is -0.130. The molecule has 1 heterocycles. The van der Waals surface area contributed by atoms with E-state index in [9.17, 15) is 4.79 Å². The number of amides is 1. The number of carbonyl (C=O) groups is 1. The zero-order valence-electron chi connectivity index (χ0n) is 14.7. The van der Waals surface area contributed by atoms with Crippen molar-refractivity contribution >= 4 is 5.91 Å². The fraction of sp³-hybridized carbons (Fsp3) is 0.381. The number of aryl methyl sites for hydroxylation is 1. The molecule has 0 spiro atoms. The molecule has 1 unspecified atom stereocenters. The summed E-state index contributed by atoms with van der Waals surface area (Å²) in [7, 11) is 0. The molecule has 1 aliphatic heterocycles. The summed E-state index contributed by atoms with van der Waals surface area (Å²) in [4.78, 5) is 13.1. The summed E-state index contributed by atoms with van der Waals surface area (Å²) in [6, 6.07) is 17.9. The van der Waals surface area contributed by atoms with E-state index in [1.54, 1.807) is 0 Å². The van der Waals surface area contributed by atoms with Crippen molar-refractivity contribution in [1.82, 2.24) is 5.32 Å². The molecule has 2 aromatic rings. The van der Waals surface area contributed by atoms with Crippen LogP contribution in [0.1, 0.15) is 35.6 Å². The van der Waals surface area contributed by atoms with E-state index in [4.69, 9.17) is 10.5 Å². The standard InChI is InChI=1S/C21H26N2O2/c1-16-7-9-18(10-8-16)21(11-13-25-14-12-21)20(24)23-15-19(22)17-5-3-2-4-6-17/h2-10,19H,11-15,22H2,1H3,(H,23,24). The van der Waals surface area contributed by atoms with Crippen molar-refractivity contribution in [2.45, 2.75) is 31.2 Å². The van der Waals surface area contributed by atoms with Crippen LogP contribution in [0.15, 0.2) is 54.6 Å². The first-order valence-corrected chi connectivity index (χ1v) is 8.85. The minimum Gasteiger partial charge on any atom is -0.381 e. The smallest absolute Gasteiger partial charge is 0.230 e. The van der Waals surface area contributed by atoms with E-state index < -0.39 is 5.41 Å². The summed E-state index contributed by atoms with van der Waals surface area (Å²) in [5.74, 6) is 0.0473. The quantitative estimate of drug-likeness (QED) is 0.881. The van der Waals surface area contributed by atoms with Crippen molar-refractivity contribution in [2.24, 2.45) is 5.73 Å². The predicted molar refractivity (Wildman–Crippen MR) is 99.3 cm³/mol. The Morgan fingerprint density at radius 2 is 1.76 bits per heavy atom. The second kappa shape index (κ2) is 7.81. The van der Waals surface area contributed by atoms with Crippen LogP contribution in [0, 0.1) is 6.92 Å². The van der Waals surface area contributed by atoms with Gasteiger partial charge in [0.05, 0.1) is 5.41 Å². The molecular weight excluding hydrogens is 312 g/mol. The van der Waals surface area contributed by atoms with Gasteiger partial charge in [0.25, 0.3) is 0 Å². The number of benzene rings is 2. The summed E-state index contributed by atoms with van der Waals surface area (Å²) in [6.07, 6.45) is 1.39. The fourth-order valence-corrected chi connectivity index (χ4v) is 3.43. The van der Waals surface area contributed by atoms with Gasteiger partial charge in [0.2, 0.25) is 5.91 Å². The van der Waals surface area contributed by atoms with Gasteiger partial charge in [-0.25, -0.2) is 0 Å². The number of nitrogens with two attached hydrogens (primary N) is 1. The van der Waals surface area contributed by atoms with E-state index in [1.807, 2.05) is 30.3 Å². The van der Waals surface area contributed by atoms with E-state index in [0.717, 1.165) is 11.1 Å². The molecule has 0 saturated carbocycles. The molecule has 4 heteroatoms. The summed E-state index contributed by atoms with van der Waals surface area (Å²) in [6.45, 7) is 3.69. The largest absolute Gasteiger partial charge is 0.381 e. The summed E-state index contributed by atoms with van der Waals surface area (Å²) in [5.41, 5.74) is 8.99. The average molecular weight is 338 g/mol. The molecular formula is C21H26N2O2. The van der Waals surface area contributed by atoms with E-state index in [0.29, 0.717) is 32.6 Å². The van der Waals surface area contributed by atoms with Crippen LogP contribution in [0.4, 0.5) is 0 Å². The van der Waals surface area contributed by atoms with E-state index in [-0.39, 0.29) is 11.9 Å². The zero-order valence-corrected chi connectivity index (χ0v) is 14.7. The van der Waals surface area contributed by atoms with Crippen LogP contribution in [0.5, 0.6) is 0 Å². The Bertz CT molecular complexity index is 692. The lowest BCUT2D eigenvalue weighted by atomic mass is 9.73. The highest BCUT2D eigenvalue weighted by molar-refractivity contribution is 5.88. The molecule has 4 nitrogen and oxygen atoms in total. The second-order valence-electron chi connectivity index (χ2n) is 6.79. The highest BCUT2D eigenvalue weighted by atomic mass is 16.5. The maximum atomic E-state index is 13.1.